The molecule has 0 spiro atoms. The Hall–Kier alpha value is -1.19. The summed E-state index contributed by atoms with van der Waals surface area (Å²) < 4.78 is 14.5. The molecule has 0 aliphatic rings. The van der Waals surface area contributed by atoms with E-state index in [1.54, 1.807) is 12.1 Å². The summed E-state index contributed by atoms with van der Waals surface area (Å²) in [4.78, 5) is 0. The molecule has 0 amide bonds. The van der Waals surface area contributed by atoms with E-state index in [1.807, 2.05) is 32.0 Å². The van der Waals surface area contributed by atoms with Crippen molar-refractivity contribution in [3.63, 3.8) is 0 Å². The lowest BCUT2D eigenvalue weighted by Crippen LogP contribution is -2.05. The molecule has 0 bridgehead atoms. The fraction of sp³-hybridized carbons (Fsp3) is 0.250. The molecule has 2 aromatic rings. The van der Waals surface area contributed by atoms with E-state index in [4.69, 9.17) is 0 Å². The number of hydrogen-bond acceptors (Lipinski definition) is 1. The van der Waals surface area contributed by atoms with Crippen molar-refractivity contribution in [2.45, 2.75) is 26.4 Å². The van der Waals surface area contributed by atoms with Crippen molar-refractivity contribution < 1.29 is 9.50 Å². The summed E-state index contributed by atoms with van der Waals surface area (Å²) in [5.41, 5.74) is 3.57. The van der Waals surface area contributed by atoms with Crippen LogP contribution < -0.4 is 0 Å². The first kappa shape index (κ1) is 14.2. The normalized spacial score (nSPS) is 12.5. The third-order valence-electron chi connectivity index (χ3n) is 3.21. The lowest BCUT2D eigenvalue weighted by Gasteiger charge is -2.15. The van der Waals surface area contributed by atoms with E-state index < -0.39 is 6.10 Å². The Morgan fingerprint density at radius 2 is 1.89 bits per heavy atom. The summed E-state index contributed by atoms with van der Waals surface area (Å²) in [5.74, 6) is -0.293. The van der Waals surface area contributed by atoms with Crippen molar-refractivity contribution in [3.8, 4) is 0 Å². The Kier molecular flexibility index (Phi) is 4.38. The van der Waals surface area contributed by atoms with Crippen molar-refractivity contribution >= 4 is 15.9 Å². The minimum atomic E-state index is -0.684. The second-order valence-corrected chi connectivity index (χ2v) is 5.73. The molecule has 0 heterocycles. The number of rotatable bonds is 3. The quantitative estimate of drug-likeness (QED) is 0.883. The Labute approximate surface area is 121 Å². The van der Waals surface area contributed by atoms with Crippen LogP contribution in [0.3, 0.4) is 0 Å². The average molecular weight is 323 g/mol. The first-order valence-corrected chi connectivity index (χ1v) is 6.96. The topological polar surface area (TPSA) is 20.2 Å². The zero-order valence-corrected chi connectivity index (χ0v) is 12.5. The van der Waals surface area contributed by atoms with Gasteiger partial charge < -0.3 is 5.11 Å². The van der Waals surface area contributed by atoms with Gasteiger partial charge in [-0.2, -0.15) is 0 Å². The predicted octanol–water partition coefficient (Wildman–Crippen LogP) is 4.48. The van der Waals surface area contributed by atoms with E-state index in [0.29, 0.717) is 10.0 Å². The van der Waals surface area contributed by atoms with Gasteiger partial charge in [0.15, 0.2) is 0 Å². The number of hydrogen-bond donors (Lipinski definition) is 1. The molecule has 2 rings (SSSR count). The predicted molar refractivity (Wildman–Crippen MR) is 78.7 cm³/mol. The Morgan fingerprint density at radius 3 is 2.53 bits per heavy atom. The summed E-state index contributed by atoms with van der Waals surface area (Å²) in [7, 11) is 0. The van der Waals surface area contributed by atoms with Crippen LogP contribution in [-0.2, 0) is 6.42 Å². The van der Waals surface area contributed by atoms with Gasteiger partial charge in [0.25, 0.3) is 0 Å². The monoisotopic (exact) mass is 322 g/mol. The molecule has 0 aliphatic heterocycles. The second kappa shape index (κ2) is 5.85. The molecule has 100 valence electrons. The number of benzene rings is 2. The van der Waals surface area contributed by atoms with Crippen LogP contribution in [0.4, 0.5) is 4.39 Å². The largest absolute Gasteiger partial charge is 0.388 e. The van der Waals surface area contributed by atoms with Crippen LogP contribution in [0.2, 0.25) is 0 Å². The van der Waals surface area contributed by atoms with Gasteiger partial charge >= 0.3 is 0 Å². The van der Waals surface area contributed by atoms with E-state index in [1.165, 1.54) is 6.07 Å². The molecule has 0 radical (unpaired) electrons. The van der Waals surface area contributed by atoms with Crippen LogP contribution in [0, 0.1) is 19.7 Å². The Balaban J connectivity index is 2.23. The first-order chi connectivity index (χ1) is 8.97. The number of aliphatic hydroxyl groups is 1. The summed E-state index contributed by atoms with van der Waals surface area (Å²) in [6.45, 7) is 3.97. The van der Waals surface area contributed by atoms with Gasteiger partial charge in [-0.1, -0.05) is 45.8 Å². The molecular formula is C16H16BrFO. The van der Waals surface area contributed by atoms with E-state index in [9.17, 15) is 9.50 Å². The molecule has 1 atom stereocenters. The van der Waals surface area contributed by atoms with E-state index in [0.717, 1.165) is 16.7 Å². The number of aliphatic hydroxyl groups excluding tert-OH is 1. The minimum absolute atomic E-state index is 0.281. The van der Waals surface area contributed by atoms with Crippen LogP contribution in [-0.4, -0.2) is 5.11 Å². The second-order valence-electron chi connectivity index (χ2n) is 4.82. The van der Waals surface area contributed by atoms with Crippen molar-refractivity contribution in [1.29, 1.82) is 0 Å². The summed E-state index contributed by atoms with van der Waals surface area (Å²) in [6.07, 6.45) is -0.403. The van der Waals surface area contributed by atoms with Crippen molar-refractivity contribution in [2.24, 2.45) is 0 Å². The Morgan fingerprint density at radius 1 is 1.16 bits per heavy atom. The van der Waals surface area contributed by atoms with E-state index in [2.05, 4.69) is 15.9 Å². The highest BCUT2D eigenvalue weighted by atomic mass is 79.9. The van der Waals surface area contributed by atoms with Crippen LogP contribution in [0.15, 0.2) is 40.9 Å². The average Bonchev–Trinajstić information content (AvgIpc) is 2.32. The minimum Gasteiger partial charge on any atom is -0.388 e. The number of halogens is 2. The van der Waals surface area contributed by atoms with Crippen LogP contribution in [0.5, 0.6) is 0 Å². The van der Waals surface area contributed by atoms with Gasteiger partial charge in [0, 0.05) is 10.9 Å². The maximum Gasteiger partial charge on any atom is 0.127 e. The van der Waals surface area contributed by atoms with Gasteiger partial charge in [0.1, 0.15) is 5.82 Å². The van der Waals surface area contributed by atoms with Crippen LogP contribution >= 0.6 is 15.9 Å². The molecule has 0 saturated carbocycles. The van der Waals surface area contributed by atoms with E-state index in [-0.39, 0.29) is 12.2 Å². The highest BCUT2D eigenvalue weighted by molar-refractivity contribution is 9.10. The maximum atomic E-state index is 13.8. The highest BCUT2D eigenvalue weighted by Crippen LogP contribution is 2.25. The zero-order chi connectivity index (χ0) is 14.0. The molecule has 0 aliphatic carbocycles. The third-order valence-corrected chi connectivity index (χ3v) is 3.71. The third kappa shape index (κ3) is 3.43. The van der Waals surface area contributed by atoms with Gasteiger partial charge in [-0.15, -0.1) is 0 Å². The van der Waals surface area contributed by atoms with Crippen molar-refractivity contribution in [3.05, 3.63) is 68.9 Å². The standard InChI is InChI=1S/C16H16BrFO/c1-10-3-6-14(11(2)7-10)16(19)8-12-4-5-13(17)9-15(12)18/h3-7,9,16,19H,8H2,1-2H3. The first-order valence-electron chi connectivity index (χ1n) is 6.16. The summed E-state index contributed by atoms with van der Waals surface area (Å²) in [5, 5.41) is 10.3. The fourth-order valence-corrected chi connectivity index (χ4v) is 2.54. The molecule has 0 saturated heterocycles. The van der Waals surface area contributed by atoms with E-state index >= 15 is 0 Å². The molecule has 19 heavy (non-hydrogen) atoms. The molecule has 0 fully saturated rings. The zero-order valence-electron chi connectivity index (χ0n) is 11.0. The van der Waals surface area contributed by atoms with Crippen LogP contribution in [0.1, 0.15) is 28.4 Å². The van der Waals surface area contributed by atoms with Gasteiger partial charge in [-0.05, 0) is 42.7 Å². The van der Waals surface area contributed by atoms with Gasteiger partial charge in [0.05, 0.1) is 6.10 Å². The maximum absolute atomic E-state index is 13.8. The lowest BCUT2D eigenvalue weighted by molar-refractivity contribution is 0.176. The van der Waals surface area contributed by atoms with Gasteiger partial charge in [-0.25, -0.2) is 4.39 Å². The SMILES string of the molecule is Cc1ccc(C(O)Cc2ccc(Br)cc2F)c(C)c1. The molecule has 1 N–H and O–H groups in total. The molecule has 3 heteroatoms. The molecule has 0 aromatic heterocycles. The fourth-order valence-electron chi connectivity index (χ4n) is 2.20. The molecular weight excluding hydrogens is 307 g/mol. The van der Waals surface area contributed by atoms with Gasteiger partial charge in [0.2, 0.25) is 0 Å². The summed E-state index contributed by atoms with van der Waals surface area (Å²) in [6, 6.07) is 10.8. The smallest absolute Gasteiger partial charge is 0.127 e. The molecule has 2 aromatic carbocycles. The summed E-state index contributed by atoms with van der Waals surface area (Å²) >= 11 is 3.22. The Bertz CT molecular complexity index is 595. The van der Waals surface area contributed by atoms with Gasteiger partial charge in [-0.3, -0.25) is 0 Å². The number of aryl methyl sites for hydroxylation is 2. The highest BCUT2D eigenvalue weighted by Gasteiger charge is 2.13. The molecule has 1 unspecified atom stereocenters. The van der Waals surface area contributed by atoms with Crippen LogP contribution in [0.25, 0.3) is 0 Å². The van der Waals surface area contributed by atoms with Crippen molar-refractivity contribution in [1.82, 2.24) is 0 Å². The van der Waals surface area contributed by atoms with Crippen molar-refractivity contribution in [2.75, 3.05) is 0 Å². The molecule has 1 nitrogen and oxygen atoms in total. The lowest BCUT2D eigenvalue weighted by atomic mass is 9.96.